The minimum Gasteiger partial charge on any atom is -0.282 e. The molecule has 0 radical (unpaired) electrons. The van der Waals surface area contributed by atoms with Crippen molar-refractivity contribution in [1.29, 1.82) is 0 Å². The van der Waals surface area contributed by atoms with Gasteiger partial charge in [0.05, 0.1) is 12.1 Å². The Labute approximate surface area is 78.3 Å². The molecule has 0 amide bonds. The highest BCUT2D eigenvalue weighted by atomic mass is 35.5. The van der Waals surface area contributed by atoms with Gasteiger partial charge in [0.15, 0.2) is 0 Å². The maximum atomic E-state index is 5.76. The van der Waals surface area contributed by atoms with Crippen LogP contribution in [0.2, 0.25) is 0 Å². The zero-order valence-corrected chi connectivity index (χ0v) is 8.36. The molecule has 0 saturated carbocycles. The first-order valence-corrected chi connectivity index (χ1v) is 4.91. The SMILES string of the molecule is CCCC(C)c1[nH]ncc1CCl. The first-order chi connectivity index (χ1) is 5.79. The quantitative estimate of drug-likeness (QED) is 0.720. The molecule has 0 spiro atoms. The number of rotatable bonds is 4. The number of aromatic nitrogens is 2. The molecule has 12 heavy (non-hydrogen) atoms. The summed E-state index contributed by atoms with van der Waals surface area (Å²) in [5.74, 6) is 1.10. The van der Waals surface area contributed by atoms with Crippen LogP contribution >= 0.6 is 11.6 Å². The van der Waals surface area contributed by atoms with E-state index in [1.165, 1.54) is 18.5 Å². The molecule has 0 aliphatic carbocycles. The molecule has 1 aromatic heterocycles. The van der Waals surface area contributed by atoms with Crippen LogP contribution in [0.25, 0.3) is 0 Å². The van der Waals surface area contributed by atoms with E-state index in [9.17, 15) is 0 Å². The van der Waals surface area contributed by atoms with Crippen molar-refractivity contribution in [3.05, 3.63) is 17.5 Å². The molecule has 0 fully saturated rings. The van der Waals surface area contributed by atoms with E-state index in [4.69, 9.17) is 11.6 Å². The highest BCUT2D eigenvalue weighted by Gasteiger charge is 2.10. The topological polar surface area (TPSA) is 28.7 Å². The third kappa shape index (κ3) is 2.01. The largest absolute Gasteiger partial charge is 0.282 e. The lowest BCUT2D eigenvalue weighted by molar-refractivity contribution is 0.641. The van der Waals surface area contributed by atoms with Gasteiger partial charge < -0.3 is 0 Å². The minimum atomic E-state index is 0.547. The van der Waals surface area contributed by atoms with Crippen molar-refractivity contribution in [2.75, 3.05) is 0 Å². The fraction of sp³-hybridized carbons (Fsp3) is 0.667. The molecule has 1 atom stereocenters. The van der Waals surface area contributed by atoms with Crippen LogP contribution in [0.15, 0.2) is 6.20 Å². The van der Waals surface area contributed by atoms with Crippen LogP contribution in [-0.2, 0) is 5.88 Å². The first-order valence-electron chi connectivity index (χ1n) is 4.37. The molecule has 1 heterocycles. The summed E-state index contributed by atoms with van der Waals surface area (Å²) < 4.78 is 0. The van der Waals surface area contributed by atoms with E-state index < -0.39 is 0 Å². The van der Waals surface area contributed by atoms with Crippen LogP contribution in [0.3, 0.4) is 0 Å². The van der Waals surface area contributed by atoms with Crippen molar-refractivity contribution in [2.24, 2.45) is 0 Å². The van der Waals surface area contributed by atoms with Gasteiger partial charge in [-0.05, 0) is 12.3 Å². The van der Waals surface area contributed by atoms with Crippen LogP contribution in [0.1, 0.15) is 43.9 Å². The molecule has 0 saturated heterocycles. The number of hydrogen-bond donors (Lipinski definition) is 1. The summed E-state index contributed by atoms with van der Waals surface area (Å²) in [5, 5.41) is 6.99. The number of hydrogen-bond acceptors (Lipinski definition) is 1. The van der Waals surface area contributed by atoms with Crippen molar-refractivity contribution in [3.63, 3.8) is 0 Å². The van der Waals surface area contributed by atoms with Gasteiger partial charge in [0, 0.05) is 11.3 Å². The number of nitrogens with one attached hydrogen (secondary N) is 1. The van der Waals surface area contributed by atoms with Gasteiger partial charge in [-0.2, -0.15) is 5.10 Å². The number of H-pyrrole nitrogens is 1. The maximum Gasteiger partial charge on any atom is 0.0534 e. The average molecular weight is 187 g/mol. The zero-order chi connectivity index (χ0) is 8.97. The van der Waals surface area contributed by atoms with E-state index in [0.717, 1.165) is 5.56 Å². The Bertz CT molecular complexity index is 232. The summed E-state index contributed by atoms with van der Waals surface area (Å²) in [6.07, 6.45) is 4.20. The second-order valence-corrected chi connectivity index (χ2v) is 3.40. The van der Waals surface area contributed by atoms with Crippen LogP contribution < -0.4 is 0 Å². The van der Waals surface area contributed by atoms with Crippen molar-refractivity contribution in [3.8, 4) is 0 Å². The Kier molecular flexibility index (Phi) is 3.60. The fourth-order valence-electron chi connectivity index (χ4n) is 1.43. The molecule has 0 aliphatic rings. The van der Waals surface area contributed by atoms with Crippen LogP contribution in [-0.4, -0.2) is 10.2 Å². The second kappa shape index (κ2) is 4.51. The Morgan fingerprint density at radius 1 is 1.67 bits per heavy atom. The molecule has 1 unspecified atom stereocenters. The van der Waals surface area contributed by atoms with Gasteiger partial charge >= 0.3 is 0 Å². The van der Waals surface area contributed by atoms with Crippen molar-refractivity contribution in [1.82, 2.24) is 10.2 Å². The van der Waals surface area contributed by atoms with E-state index in [1.54, 1.807) is 0 Å². The molecular formula is C9H15ClN2. The lowest BCUT2D eigenvalue weighted by atomic mass is 10.00. The average Bonchev–Trinajstić information content (AvgIpc) is 2.51. The number of halogens is 1. The molecule has 1 N–H and O–H groups in total. The molecule has 0 aliphatic heterocycles. The molecule has 1 aromatic rings. The van der Waals surface area contributed by atoms with Gasteiger partial charge in [0.2, 0.25) is 0 Å². The van der Waals surface area contributed by atoms with E-state index in [2.05, 4.69) is 24.0 Å². The summed E-state index contributed by atoms with van der Waals surface area (Å²) in [6, 6.07) is 0. The van der Waals surface area contributed by atoms with Crippen molar-refractivity contribution < 1.29 is 0 Å². The van der Waals surface area contributed by atoms with Gasteiger partial charge in [0.1, 0.15) is 0 Å². The fourth-order valence-corrected chi connectivity index (χ4v) is 1.64. The molecular weight excluding hydrogens is 172 g/mol. The molecule has 0 aromatic carbocycles. The number of alkyl halides is 1. The van der Waals surface area contributed by atoms with E-state index in [-0.39, 0.29) is 0 Å². The molecule has 68 valence electrons. The number of nitrogens with zero attached hydrogens (tertiary/aromatic N) is 1. The van der Waals surface area contributed by atoms with E-state index in [0.29, 0.717) is 11.8 Å². The third-order valence-electron chi connectivity index (χ3n) is 2.11. The molecule has 2 nitrogen and oxygen atoms in total. The normalized spacial score (nSPS) is 13.2. The van der Waals surface area contributed by atoms with Gasteiger partial charge in [-0.1, -0.05) is 20.3 Å². The summed E-state index contributed by atoms with van der Waals surface area (Å²) in [4.78, 5) is 0. The van der Waals surface area contributed by atoms with E-state index in [1.807, 2.05) is 6.20 Å². The van der Waals surface area contributed by atoms with Gasteiger partial charge in [0.25, 0.3) is 0 Å². The molecule has 0 bridgehead atoms. The summed E-state index contributed by atoms with van der Waals surface area (Å²) >= 11 is 5.76. The van der Waals surface area contributed by atoms with Gasteiger partial charge in [-0.15, -0.1) is 11.6 Å². The second-order valence-electron chi connectivity index (χ2n) is 3.13. The monoisotopic (exact) mass is 186 g/mol. The lowest BCUT2D eigenvalue weighted by Gasteiger charge is -2.08. The Balaban J connectivity index is 2.71. The number of aromatic amines is 1. The maximum absolute atomic E-state index is 5.76. The van der Waals surface area contributed by atoms with Crippen LogP contribution in [0.4, 0.5) is 0 Å². The third-order valence-corrected chi connectivity index (χ3v) is 2.40. The summed E-state index contributed by atoms with van der Waals surface area (Å²) in [7, 11) is 0. The Morgan fingerprint density at radius 2 is 2.42 bits per heavy atom. The zero-order valence-electron chi connectivity index (χ0n) is 7.60. The predicted octanol–water partition coefficient (Wildman–Crippen LogP) is 3.05. The Hall–Kier alpha value is -0.500. The predicted molar refractivity (Wildman–Crippen MR) is 51.5 cm³/mol. The first kappa shape index (κ1) is 9.59. The van der Waals surface area contributed by atoms with Crippen molar-refractivity contribution in [2.45, 2.75) is 38.5 Å². The smallest absolute Gasteiger partial charge is 0.0534 e. The van der Waals surface area contributed by atoms with Crippen LogP contribution in [0, 0.1) is 0 Å². The highest BCUT2D eigenvalue weighted by molar-refractivity contribution is 6.17. The lowest BCUT2D eigenvalue weighted by Crippen LogP contribution is -1.96. The van der Waals surface area contributed by atoms with Gasteiger partial charge in [-0.25, -0.2) is 0 Å². The summed E-state index contributed by atoms with van der Waals surface area (Å²) in [6.45, 7) is 4.39. The summed E-state index contributed by atoms with van der Waals surface area (Å²) in [5.41, 5.74) is 2.34. The molecule has 3 heteroatoms. The van der Waals surface area contributed by atoms with Crippen LogP contribution in [0.5, 0.6) is 0 Å². The van der Waals surface area contributed by atoms with E-state index >= 15 is 0 Å². The standard InChI is InChI=1S/C9H15ClN2/c1-3-4-7(2)9-8(5-10)6-11-12-9/h6-7H,3-5H2,1-2H3,(H,11,12). The highest BCUT2D eigenvalue weighted by Crippen LogP contribution is 2.22. The van der Waals surface area contributed by atoms with Gasteiger partial charge in [-0.3, -0.25) is 5.10 Å². The van der Waals surface area contributed by atoms with Crippen molar-refractivity contribution >= 4 is 11.6 Å². The minimum absolute atomic E-state index is 0.547. The Morgan fingerprint density at radius 3 is 3.00 bits per heavy atom. The molecule has 1 rings (SSSR count).